The number of hydrogen-bond acceptors (Lipinski definition) is 4. The van der Waals surface area contributed by atoms with Crippen molar-refractivity contribution in [1.82, 2.24) is 14.5 Å². The highest BCUT2D eigenvalue weighted by atomic mass is 19.1. The van der Waals surface area contributed by atoms with Crippen LogP contribution in [0.3, 0.4) is 0 Å². The summed E-state index contributed by atoms with van der Waals surface area (Å²) in [4.78, 5) is 20.4. The van der Waals surface area contributed by atoms with E-state index >= 15 is 0 Å². The number of nitrogens with one attached hydrogen (secondary N) is 1. The molecule has 0 atom stereocenters. The summed E-state index contributed by atoms with van der Waals surface area (Å²) in [5.41, 5.74) is 1.49. The third-order valence-corrected chi connectivity index (χ3v) is 3.46. The van der Waals surface area contributed by atoms with E-state index < -0.39 is 5.82 Å². The maximum Gasteiger partial charge on any atom is 0.253 e. The van der Waals surface area contributed by atoms with Crippen LogP contribution in [-0.2, 0) is 6.54 Å². The lowest BCUT2D eigenvalue weighted by molar-refractivity contribution is 0.622. The van der Waals surface area contributed by atoms with E-state index in [1.807, 2.05) is 26.8 Å². The maximum atomic E-state index is 12.9. The standard InChI is InChI=1S/C16H15FN4O.C2H6/c1-3-21-13-7-15(20-14-5-4-12(17)9-19-14)18-8-11(13)6-10(2)16(21)22;1-2/h4-9H,3H2,1-2H3,(H,18,19,20);1-2H3. The molecule has 0 bridgehead atoms. The first-order valence-electron chi connectivity index (χ1n) is 7.97. The van der Waals surface area contributed by atoms with Crippen molar-refractivity contribution in [3.8, 4) is 0 Å². The first kappa shape index (κ1) is 17.6. The Morgan fingerprint density at radius 3 is 2.46 bits per heavy atom. The van der Waals surface area contributed by atoms with E-state index in [1.54, 1.807) is 23.8 Å². The summed E-state index contributed by atoms with van der Waals surface area (Å²) >= 11 is 0. The van der Waals surface area contributed by atoms with Gasteiger partial charge in [0.05, 0.1) is 11.7 Å². The van der Waals surface area contributed by atoms with Crippen LogP contribution in [0.25, 0.3) is 10.9 Å². The van der Waals surface area contributed by atoms with E-state index in [4.69, 9.17) is 0 Å². The number of anilines is 2. The summed E-state index contributed by atoms with van der Waals surface area (Å²) in [6.45, 7) is 8.30. The molecule has 3 aromatic rings. The number of hydrogen-bond donors (Lipinski definition) is 1. The summed E-state index contributed by atoms with van der Waals surface area (Å²) in [6, 6.07) is 6.48. The van der Waals surface area contributed by atoms with E-state index in [0.29, 0.717) is 23.7 Å². The number of aromatic nitrogens is 3. The van der Waals surface area contributed by atoms with Crippen LogP contribution in [0.15, 0.2) is 41.5 Å². The zero-order chi connectivity index (χ0) is 17.7. The predicted molar refractivity (Wildman–Crippen MR) is 95.2 cm³/mol. The van der Waals surface area contributed by atoms with Gasteiger partial charge in [-0.05, 0) is 32.0 Å². The summed E-state index contributed by atoms with van der Waals surface area (Å²) in [6.07, 6.45) is 2.84. The number of aryl methyl sites for hydroxylation is 2. The van der Waals surface area contributed by atoms with Gasteiger partial charge in [-0.25, -0.2) is 14.4 Å². The van der Waals surface area contributed by atoms with Crippen LogP contribution < -0.4 is 10.9 Å². The van der Waals surface area contributed by atoms with Crippen LogP contribution >= 0.6 is 0 Å². The van der Waals surface area contributed by atoms with Gasteiger partial charge in [-0.1, -0.05) is 13.8 Å². The largest absolute Gasteiger partial charge is 0.325 e. The third-order valence-electron chi connectivity index (χ3n) is 3.46. The number of pyridine rings is 3. The smallest absolute Gasteiger partial charge is 0.253 e. The predicted octanol–water partition coefficient (Wildman–Crippen LogP) is 4.03. The second kappa shape index (κ2) is 7.68. The van der Waals surface area contributed by atoms with Gasteiger partial charge in [0.1, 0.15) is 17.5 Å². The lowest BCUT2D eigenvalue weighted by atomic mass is 10.2. The second-order valence-corrected chi connectivity index (χ2v) is 4.99. The molecule has 24 heavy (non-hydrogen) atoms. The van der Waals surface area contributed by atoms with Gasteiger partial charge in [0.25, 0.3) is 5.56 Å². The van der Waals surface area contributed by atoms with Crippen LogP contribution in [0.5, 0.6) is 0 Å². The molecule has 0 saturated carbocycles. The molecule has 0 radical (unpaired) electrons. The quantitative estimate of drug-likeness (QED) is 0.788. The van der Waals surface area contributed by atoms with Crippen LogP contribution in [0.2, 0.25) is 0 Å². The molecule has 1 N–H and O–H groups in total. The van der Waals surface area contributed by atoms with Gasteiger partial charge in [0.2, 0.25) is 0 Å². The lowest BCUT2D eigenvalue weighted by Gasteiger charge is -2.11. The Bertz CT molecular complexity index is 888. The molecule has 126 valence electrons. The molecule has 0 aliphatic heterocycles. The zero-order valence-electron chi connectivity index (χ0n) is 14.3. The molecule has 0 fully saturated rings. The highest BCUT2D eigenvalue weighted by Gasteiger charge is 2.07. The average molecular weight is 328 g/mol. The fraction of sp³-hybridized carbons (Fsp3) is 0.278. The topological polar surface area (TPSA) is 59.8 Å². The molecule has 0 spiro atoms. The van der Waals surface area contributed by atoms with Gasteiger partial charge in [0.15, 0.2) is 0 Å². The molecule has 3 heterocycles. The fourth-order valence-electron chi connectivity index (χ4n) is 2.38. The van der Waals surface area contributed by atoms with Crippen LogP contribution in [0, 0.1) is 12.7 Å². The molecule has 0 aliphatic rings. The first-order valence-corrected chi connectivity index (χ1v) is 7.97. The minimum Gasteiger partial charge on any atom is -0.325 e. The fourth-order valence-corrected chi connectivity index (χ4v) is 2.38. The molecule has 3 rings (SSSR count). The van der Waals surface area contributed by atoms with Crippen LogP contribution in [0.1, 0.15) is 26.3 Å². The van der Waals surface area contributed by atoms with Gasteiger partial charge in [-0.3, -0.25) is 4.79 Å². The Labute approximate surface area is 140 Å². The highest BCUT2D eigenvalue weighted by molar-refractivity contribution is 5.81. The molecular weight excluding hydrogens is 307 g/mol. The van der Waals surface area contributed by atoms with Crippen molar-refractivity contribution >= 4 is 22.5 Å². The summed E-state index contributed by atoms with van der Waals surface area (Å²) < 4.78 is 14.6. The SMILES string of the molecule is CC.CCn1c(=O)c(C)cc2cnc(Nc3ccc(F)cn3)cc21. The van der Waals surface area contributed by atoms with Crippen LogP contribution in [0.4, 0.5) is 16.0 Å². The van der Waals surface area contributed by atoms with Crippen LogP contribution in [-0.4, -0.2) is 14.5 Å². The van der Waals surface area contributed by atoms with Crippen molar-refractivity contribution < 1.29 is 4.39 Å². The number of halogens is 1. The maximum absolute atomic E-state index is 12.9. The summed E-state index contributed by atoms with van der Waals surface area (Å²) in [5, 5.41) is 3.90. The van der Waals surface area contributed by atoms with Gasteiger partial charge in [-0.15, -0.1) is 0 Å². The van der Waals surface area contributed by atoms with E-state index in [1.165, 1.54) is 12.1 Å². The highest BCUT2D eigenvalue weighted by Crippen LogP contribution is 2.19. The monoisotopic (exact) mass is 328 g/mol. The van der Waals surface area contributed by atoms with Gasteiger partial charge < -0.3 is 9.88 Å². The molecule has 0 saturated heterocycles. The first-order chi connectivity index (χ1) is 11.6. The molecule has 5 nitrogen and oxygen atoms in total. The Hall–Kier alpha value is -2.76. The Kier molecular flexibility index (Phi) is 5.63. The van der Waals surface area contributed by atoms with E-state index in [0.717, 1.165) is 17.1 Å². The number of fused-ring (bicyclic) bond motifs is 1. The Balaban J connectivity index is 0.00000100. The third kappa shape index (κ3) is 3.59. The second-order valence-electron chi connectivity index (χ2n) is 4.99. The number of nitrogens with zero attached hydrogens (tertiary/aromatic N) is 3. The molecule has 6 heteroatoms. The minimum absolute atomic E-state index is 0.00735. The van der Waals surface area contributed by atoms with Crippen molar-refractivity contribution in [2.45, 2.75) is 34.2 Å². The Morgan fingerprint density at radius 2 is 1.83 bits per heavy atom. The van der Waals surface area contributed by atoms with E-state index in [-0.39, 0.29) is 5.56 Å². The van der Waals surface area contributed by atoms with Gasteiger partial charge in [-0.2, -0.15) is 0 Å². The Morgan fingerprint density at radius 1 is 1.12 bits per heavy atom. The molecule has 0 amide bonds. The van der Waals surface area contributed by atoms with E-state index in [9.17, 15) is 9.18 Å². The lowest BCUT2D eigenvalue weighted by Crippen LogP contribution is -2.21. The molecule has 3 aromatic heterocycles. The van der Waals surface area contributed by atoms with Gasteiger partial charge in [0, 0.05) is 29.8 Å². The molecular formula is C18H21FN4O. The zero-order valence-corrected chi connectivity index (χ0v) is 14.3. The number of rotatable bonds is 3. The van der Waals surface area contributed by atoms with E-state index in [2.05, 4.69) is 15.3 Å². The molecule has 0 aromatic carbocycles. The van der Waals surface area contributed by atoms with Crippen molar-refractivity contribution in [3.63, 3.8) is 0 Å². The summed E-state index contributed by atoms with van der Waals surface area (Å²) in [5.74, 6) is 0.648. The molecule has 0 unspecified atom stereocenters. The van der Waals surface area contributed by atoms with Crippen molar-refractivity contribution in [1.29, 1.82) is 0 Å². The average Bonchev–Trinajstić information content (AvgIpc) is 2.60. The van der Waals surface area contributed by atoms with Crippen molar-refractivity contribution in [3.05, 3.63) is 58.4 Å². The normalized spacial score (nSPS) is 10.2. The van der Waals surface area contributed by atoms with Gasteiger partial charge >= 0.3 is 0 Å². The van der Waals surface area contributed by atoms with Crippen molar-refractivity contribution in [2.24, 2.45) is 0 Å². The van der Waals surface area contributed by atoms with Crippen molar-refractivity contribution in [2.75, 3.05) is 5.32 Å². The minimum atomic E-state index is -0.396. The summed E-state index contributed by atoms with van der Waals surface area (Å²) in [7, 11) is 0. The molecule has 0 aliphatic carbocycles.